The Morgan fingerprint density at radius 1 is 1.41 bits per heavy atom. The molecule has 0 aromatic carbocycles. The number of methoxy groups -OCH3 is 2. The first-order valence-corrected chi connectivity index (χ1v) is 5.10. The maximum absolute atomic E-state index is 11.9. The van der Waals surface area contributed by atoms with Crippen molar-refractivity contribution in [2.45, 2.75) is 18.3 Å². The fourth-order valence-corrected chi connectivity index (χ4v) is 2.26. The highest BCUT2D eigenvalue weighted by molar-refractivity contribution is 5.85. The van der Waals surface area contributed by atoms with Crippen LogP contribution in [0.15, 0.2) is 16.6 Å². The highest BCUT2D eigenvalue weighted by Crippen LogP contribution is 2.54. The Labute approximate surface area is 97.2 Å². The molecule has 0 saturated heterocycles. The number of ether oxygens (including phenoxy) is 3. The van der Waals surface area contributed by atoms with Gasteiger partial charge < -0.3 is 18.6 Å². The van der Waals surface area contributed by atoms with Gasteiger partial charge in [-0.2, -0.15) is 0 Å². The molecule has 2 bridgehead atoms. The van der Waals surface area contributed by atoms with E-state index in [0.717, 1.165) is 0 Å². The highest BCUT2D eigenvalue weighted by atomic mass is 16.7. The lowest BCUT2D eigenvalue weighted by molar-refractivity contribution is -0.227. The van der Waals surface area contributed by atoms with Gasteiger partial charge in [0.05, 0.1) is 7.11 Å². The molecular formula is C11H11NO5. The van der Waals surface area contributed by atoms with Crippen LogP contribution < -0.4 is 0 Å². The molecule has 1 aromatic heterocycles. The van der Waals surface area contributed by atoms with Gasteiger partial charge in [0.25, 0.3) is 0 Å². The number of rotatable bonds is 2. The van der Waals surface area contributed by atoms with E-state index in [1.807, 2.05) is 0 Å². The number of nitrogens with zero attached hydrogens (tertiary/aromatic N) is 1. The van der Waals surface area contributed by atoms with Crippen molar-refractivity contribution in [3.05, 3.63) is 29.5 Å². The molecule has 90 valence electrons. The molecule has 0 amide bonds. The third kappa shape index (κ3) is 1.02. The molecule has 2 aliphatic heterocycles. The summed E-state index contributed by atoms with van der Waals surface area (Å²) in [6.45, 7) is 1.70. The normalized spacial score (nSPS) is 32.9. The first-order chi connectivity index (χ1) is 8.08. The minimum Gasteiger partial charge on any atom is -0.466 e. The van der Waals surface area contributed by atoms with Gasteiger partial charge in [-0.15, -0.1) is 0 Å². The lowest BCUT2D eigenvalue weighted by atomic mass is 9.95. The van der Waals surface area contributed by atoms with Crippen molar-refractivity contribution >= 4 is 5.97 Å². The minimum absolute atomic E-state index is 0.339. The molecule has 0 radical (unpaired) electrons. The van der Waals surface area contributed by atoms with Crippen LogP contribution in [-0.4, -0.2) is 25.2 Å². The van der Waals surface area contributed by atoms with E-state index in [1.165, 1.54) is 14.2 Å². The van der Waals surface area contributed by atoms with E-state index in [9.17, 15) is 4.79 Å². The Bertz CT molecular complexity index is 534. The summed E-state index contributed by atoms with van der Waals surface area (Å²) in [6.07, 6.45) is 3.23. The molecule has 0 aliphatic carbocycles. The predicted octanol–water partition coefficient (Wildman–Crippen LogP) is 0.751. The van der Waals surface area contributed by atoms with Gasteiger partial charge in [-0.05, 0) is 12.2 Å². The molecule has 0 spiro atoms. The summed E-state index contributed by atoms with van der Waals surface area (Å²) < 4.78 is 21.2. The predicted molar refractivity (Wildman–Crippen MR) is 53.8 cm³/mol. The molecule has 2 aliphatic rings. The smallest absolute Gasteiger partial charge is 0.350 e. The molecule has 2 atom stereocenters. The number of carbonyl (C=O) groups excluding carboxylic acids is 1. The second kappa shape index (κ2) is 2.96. The minimum atomic E-state index is -1.36. The number of carbonyl (C=O) groups is 1. The van der Waals surface area contributed by atoms with Crippen LogP contribution >= 0.6 is 0 Å². The second-order valence-electron chi connectivity index (χ2n) is 3.94. The number of oxazole rings is 1. The van der Waals surface area contributed by atoms with E-state index in [1.54, 1.807) is 19.1 Å². The number of hydrogen-bond acceptors (Lipinski definition) is 6. The highest BCUT2D eigenvalue weighted by Gasteiger charge is 2.65. The van der Waals surface area contributed by atoms with Crippen molar-refractivity contribution in [2.24, 2.45) is 0 Å². The summed E-state index contributed by atoms with van der Waals surface area (Å²) >= 11 is 0. The summed E-state index contributed by atoms with van der Waals surface area (Å²) in [5, 5.41) is 0. The number of fused-ring (bicyclic) bond motifs is 5. The van der Waals surface area contributed by atoms with Gasteiger partial charge in [0, 0.05) is 14.0 Å². The van der Waals surface area contributed by atoms with Crippen LogP contribution in [0.2, 0.25) is 0 Å². The van der Waals surface area contributed by atoms with Gasteiger partial charge in [0.15, 0.2) is 11.7 Å². The first-order valence-electron chi connectivity index (χ1n) is 5.10. The maximum Gasteiger partial charge on any atom is 0.350 e. The molecule has 1 aromatic rings. The summed E-state index contributed by atoms with van der Waals surface area (Å²) in [4.78, 5) is 16.1. The Balaban J connectivity index is 2.23. The van der Waals surface area contributed by atoms with E-state index in [0.29, 0.717) is 17.3 Å². The van der Waals surface area contributed by atoms with Gasteiger partial charge in [-0.1, -0.05) is 0 Å². The maximum atomic E-state index is 11.9. The monoisotopic (exact) mass is 237 g/mol. The van der Waals surface area contributed by atoms with Crippen LogP contribution in [0, 0.1) is 6.92 Å². The Kier molecular flexibility index (Phi) is 1.83. The van der Waals surface area contributed by atoms with E-state index in [-0.39, 0.29) is 0 Å². The molecule has 0 fully saturated rings. The van der Waals surface area contributed by atoms with Crippen LogP contribution in [0.3, 0.4) is 0 Å². The number of esters is 1. The fraction of sp³-hybridized carbons (Fsp3) is 0.455. The quantitative estimate of drug-likeness (QED) is 0.558. The summed E-state index contributed by atoms with van der Waals surface area (Å²) in [7, 11) is 2.78. The van der Waals surface area contributed by atoms with Gasteiger partial charge in [0.1, 0.15) is 5.69 Å². The number of aryl methyl sites for hydroxylation is 1. The number of aromatic nitrogens is 1. The van der Waals surface area contributed by atoms with E-state index in [2.05, 4.69) is 4.98 Å². The van der Waals surface area contributed by atoms with Crippen LogP contribution in [-0.2, 0) is 30.4 Å². The van der Waals surface area contributed by atoms with E-state index >= 15 is 0 Å². The Hall–Kier alpha value is -1.66. The molecule has 3 rings (SSSR count). The lowest BCUT2D eigenvalue weighted by Gasteiger charge is -2.21. The molecule has 6 heteroatoms. The van der Waals surface area contributed by atoms with Crippen molar-refractivity contribution < 1.29 is 23.4 Å². The average Bonchev–Trinajstić information content (AvgIpc) is 2.96. The van der Waals surface area contributed by atoms with Gasteiger partial charge in [-0.3, -0.25) is 0 Å². The summed E-state index contributed by atoms with van der Waals surface area (Å²) in [5.41, 5.74) is -0.883. The zero-order valence-corrected chi connectivity index (χ0v) is 9.64. The van der Waals surface area contributed by atoms with Crippen molar-refractivity contribution in [3.8, 4) is 0 Å². The summed E-state index contributed by atoms with van der Waals surface area (Å²) in [6, 6.07) is 0. The molecule has 17 heavy (non-hydrogen) atoms. The average molecular weight is 237 g/mol. The standard InChI is InChI=1S/C11H11NO5/c1-6-12-7-8(16-6)10(9(13)14-2)4-5-11(7,15-3)17-10/h4-5H,1-3H3. The van der Waals surface area contributed by atoms with Gasteiger partial charge in [0.2, 0.25) is 11.4 Å². The fourth-order valence-electron chi connectivity index (χ4n) is 2.26. The van der Waals surface area contributed by atoms with E-state index < -0.39 is 17.4 Å². The van der Waals surface area contributed by atoms with Crippen molar-refractivity contribution in [1.82, 2.24) is 4.98 Å². The summed E-state index contributed by atoms with van der Waals surface area (Å²) in [5.74, 6) is -0.896. The Morgan fingerprint density at radius 2 is 2.18 bits per heavy atom. The topological polar surface area (TPSA) is 70.8 Å². The second-order valence-corrected chi connectivity index (χ2v) is 3.94. The molecule has 2 unspecified atom stereocenters. The SMILES string of the molecule is COC(=O)C12C=CC(OC)(O1)c1nc(C)oc12. The van der Waals surface area contributed by atoms with Gasteiger partial charge in [-0.25, -0.2) is 9.78 Å². The largest absolute Gasteiger partial charge is 0.466 e. The van der Waals surface area contributed by atoms with Gasteiger partial charge >= 0.3 is 5.97 Å². The zero-order valence-electron chi connectivity index (χ0n) is 9.64. The molecule has 3 heterocycles. The number of hydrogen-bond donors (Lipinski definition) is 0. The molecular weight excluding hydrogens is 226 g/mol. The zero-order chi connectivity index (χ0) is 12.3. The van der Waals surface area contributed by atoms with Crippen LogP contribution in [0.25, 0.3) is 0 Å². The van der Waals surface area contributed by atoms with Crippen LogP contribution in [0.1, 0.15) is 17.3 Å². The molecule has 6 nitrogen and oxygen atoms in total. The Morgan fingerprint density at radius 3 is 2.82 bits per heavy atom. The van der Waals surface area contributed by atoms with Crippen molar-refractivity contribution in [1.29, 1.82) is 0 Å². The van der Waals surface area contributed by atoms with E-state index in [4.69, 9.17) is 18.6 Å². The lowest BCUT2D eigenvalue weighted by Crippen LogP contribution is -2.34. The van der Waals surface area contributed by atoms with Crippen LogP contribution in [0.5, 0.6) is 0 Å². The molecule has 0 saturated carbocycles. The first kappa shape index (κ1) is 10.5. The van der Waals surface area contributed by atoms with Crippen molar-refractivity contribution in [3.63, 3.8) is 0 Å². The van der Waals surface area contributed by atoms with Crippen molar-refractivity contribution in [2.75, 3.05) is 14.2 Å². The third-order valence-corrected chi connectivity index (χ3v) is 3.04. The van der Waals surface area contributed by atoms with Crippen LogP contribution in [0.4, 0.5) is 0 Å². The third-order valence-electron chi connectivity index (χ3n) is 3.04. The molecule has 0 N–H and O–H groups in total.